The number of benzene rings is 2. The van der Waals surface area contributed by atoms with Crippen molar-refractivity contribution in [2.45, 2.75) is 61.5 Å². The number of thioether (sulfide) groups is 1. The molecule has 0 aromatic heterocycles. The second kappa shape index (κ2) is 9.23. The van der Waals surface area contributed by atoms with Crippen molar-refractivity contribution in [2.24, 2.45) is 0 Å². The van der Waals surface area contributed by atoms with E-state index in [1.165, 1.54) is 23.3 Å². The summed E-state index contributed by atoms with van der Waals surface area (Å²) < 4.78 is 20.8. The lowest BCUT2D eigenvalue weighted by Crippen LogP contribution is -2.43. The minimum absolute atomic E-state index is 0.192. The van der Waals surface area contributed by atoms with Gasteiger partial charge in [-0.1, -0.05) is 42.8 Å². The van der Waals surface area contributed by atoms with Gasteiger partial charge in [0.15, 0.2) is 8.32 Å². The molecule has 0 spiro atoms. The Balaban J connectivity index is 1.67. The summed E-state index contributed by atoms with van der Waals surface area (Å²) in [5, 5.41) is 4.27. The molecule has 0 radical (unpaired) electrons. The van der Waals surface area contributed by atoms with Crippen molar-refractivity contribution in [2.75, 3.05) is 13.2 Å². The number of hydrogen-bond donors (Lipinski definition) is 1. The van der Waals surface area contributed by atoms with Crippen LogP contribution < -0.4 is 5.32 Å². The molecule has 0 saturated heterocycles. The van der Waals surface area contributed by atoms with Gasteiger partial charge in [0.05, 0.1) is 5.25 Å². The fourth-order valence-corrected chi connectivity index (χ4v) is 6.09. The van der Waals surface area contributed by atoms with Crippen LogP contribution in [0, 0.1) is 5.82 Å². The lowest BCUT2D eigenvalue weighted by molar-refractivity contribution is 0.279. The predicted octanol–water partition coefficient (Wildman–Crippen LogP) is 6.96. The van der Waals surface area contributed by atoms with Crippen LogP contribution in [0.1, 0.15) is 37.1 Å². The zero-order valence-corrected chi connectivity index (χ0v) is 21.3. The van der Waals surface area contributed by atoms with E-state index in [0.29, 0.717) is 11.3 Å². The molecule has 2 nitrogen and oxygen atoms in total. The maximum atomic E-state index is 13.3. The molecular formula is C23H31BrFNOSSi. The Morgan fingerprint density at radius 2 is 1.86 bits per heavy atom. The monoisotopic (exact) mass is 495 g/mol. The van der Waals surface area contributed by atoms with Gasteiger partial charge in [0, 0.05) is 28.6 Å². The molecule has 0 fully saturated rings. The average Bonchev–Trinajstić information content (AvgIpc) is 2.96. The highest BCUT2D eigenvalue weighted by molar-refractivity contribution is 9.10. The first-order chi connectivity index (χ1) is 13.6. The zero-order valence-electron chi connectivity index (χ0n) is 17.9. The van der Waals surface area contributed by atoms with E-state index in [0.717, 1.165) is 28.9 Å². The lowest BCUT2D eigenvalue weighted by atomic mass is 10.1. The van der Waals surface area contributed by atoms with Gasteiger partial charge in [-0.3, -0.25) is 0 Å². The van der Waals surface area contributed by atoms with Crippen LogP contribution >= 0.6 is 27.7 Å². The maximum Gasteiger partial charge on any atom is 0.192 e. The molecule has 6 heteroatoms. The number of rotatable bonds is 7. The summed E-state index contributed by atoms with van der Waals surface area (Å²) in [6.07, 6.45) is 0.994. The molecule has 0 bridgehead atoms. The van der Waals surface area contributed by atoms with Crippen molar-refractivity contribution in [1.29, 1.82) is 0 Å². The molecule has 3 rings (SSSR count). The van der Waals surface area contributed by atoms with Gasteiger partial charge in [-0.05, 0) is 72.1 Å². The molecule has 2 aromatic carbocycles. The van der Waals surface area contributed by atoms with E-state index in [1.807, 2.05) is 23.9 Å². The molecule has 1 aliphatic rings. The lowest BCUT2D eigenvalue weighted by Gasteiger charge is -2.36. The first-order valence-electron chi connectivity index (χ1n) is 10.1. The van der Waals surface area contributed by atoms with Gasteiger partial charge in [0.25, 0.3) is 0 Å². The Kier molecular flexibility index (Phi) is 7.32. The zero-order chi connectivity index (χ0) is 21.2. The molecular weight excluding hydrogens is 465 g/mol. The topological polar surface area (TPSA) is 21.3 Å². The number of fused-ring (bicyclic) bond motifs is 1. The first-order valence-corrected chi connectivity index (χ1v) is 14.7. The van der Waals surface area contributed by atoms with E-state index in [2.05, 4.69) is 73.3 Å². The van der Waals surface area contributed by atoms with Crippen molar-refractivity contribution in [3.63, 3.8) is 0 Å². The van der Waals surface area contributed by atoms with Crippen LogP contribution in [-0.2, 0) is 10.8 Å². The van der Waals surface area contributed by atoms with Gasteiger partial charge in [-0.15, -0.1) is 11.8 Å². The summed E-state index contributed by atoms with van der Waals surface area (Å²) in [5.41, 5.74) is 2.74. The summed E-state index contributed by atoms with van der Waals surface area (Å²) in [6.45, 7) is 13.0. The summed E-state index contributed by atoms with van der Waals surface area (Å²) in [5.74, 6) is -0.192. The van der Waals surface area contributed by atoms with Crippen LogP contribution in [0.4, 0.5) is 4.39 Å². The second-order valence-corrected chi connectivity index (χ2v) is 16.1. The molecule has 29 heavy (non-hydrogen) atoms. The van der Waals surface area contributed by atoms with Gasteiger partial charge >= 0.3 is 0 Å². The van der Waals surface area contributed by atoms with Gasteiger partial charge in [0.1, 0.15) is 5.82 Å². The second-order valence-electron chi connectivity index (χ2n) is 9.21. The molecule has 1 N–H and O–H groups in total. The Morgan fingerprint density at radius 1 is 1.17 bits per heavy atom. The van der Waals surface area contributed by atoms with Crippen molar-refractivity contribution < 1.29 is 8.82 Å². The number of nitrogens with one attached hydrogen (secondary N) is 1. The highest BCUT2D eigenvalue weighted by Crippen LogP contribution is 2.45. The highest BCUT2D eigenvalue weighted by Gasteiger charge is 2.37. The van der Waals surface area contributed by atoms with Crippen LogP contribution in [0.2, 0.25) is 18.1 Å². The largest absolute Gasteiger partial charge is 0.416 e. The summed E-state index contributed by atoms with van der Waals surface area (Å²) in [4.78, 5) is 1.09. The highest BCUT2D eigenvalue weighted by atomic mass is 79.9. The van der Waals surface area contributed by atoms with Crippen molar-refractivity contribution in [1.82, 2.24) is 5.32 Å². The molecule has 158 valence electrons. The van der Waals surface area contributed by atoms with Gasteiger partial charge in [0.2, 0.25) is 0 Å². The van der Waals surface area contributed by atoms with Crippen molar-refractivity contribution in [3.8, 4) is 0 Å². The van der Waals surface area contributed by atoms with E-state index >= 15 is 0 Å². The molecule has 0 saturated carbocycles. The van der Waals surface area contributed by atoms with E-state index < -0.39 is 8.32 Å². The van der Waals surface area contributed by atoms with Crippen LogP contribution in [0.25, 0.3) is 0 Å². The SMILES string of the molecule is CC(C)(C)[Si](C)(C)OCCN[C@@H]1Cc2cc(Br)ccc2[C@H]1Sc1ccc(F)cc1. The first kappa shape index (κ1) is 23.0. The van der Waals surface area contributed by atoms with E-state index in [9.17, 15) is 4.39 Å². The standard InChI is InChI=1S/C23H31BrFNOSSi/c1-23(2,3)29(4,5)27-13-12-26-21-15-16-14-17(24)6-11-20(16)22(21)28-19-9-7-18(25)8-10-19/h6-11,14,21-22,26H,12-13,15H2,1-5H3/t21-,22-/m1/s1. The quantitative estimate of drug-likeness (QED) is 0.331. The minimum Gasteiger partial charge on any atom is -0.416 e. The Morgan fingerprint density at radius 3 is 2.52 bits per heavy atom. The third-order valence-corrected chi connectivity index (χ3v) is 12.5. The maximum absolute atomic E-state index is 13.3. The molecule has 1 aliphatic carbocycles. The average molecular weight is 497 g/mol. The molecule has 0 aliphatic heterocycles. The Hall–Kier alpha value is -0.663. The third-order valence-electron chi connectivity index (χ3n) is 6.07. The summed E-state index contributed by atoms with van der Waals surface area (Å²) in [6, 6.07) is 13.7. The fraction of sp³-hybridized carbons (Fsp3) is 0.478. The van der Waals surface area contributed by atoms with Crippen LogP contribution in [0.5, 0.6) is 0 Å². The summed E-state index contributed by atoms with van der Waals surface area (Å²) >= 11 is 5.41. The smallest absolute Gasteiger partial charge is 0.192 e. The third kappa shape index (κ3) is 5.73. The van der Waals surface area contributed by atoms with E-state index in [-0.39, 0.29) is 10.9 Å². The minimum atomic E-state index is -1.72. The van der Waals surface area contributed by atoms with Crippen molar-refractivity contribution >= 4 is 36.0 Å². The molecule has 0 amide bonds. The van der Waals surface area contributed by atoms with Gasteiger partial charge < -0.3 is 9.74 Å². The molecule has 2 aromatic rings. The van der Waals surface area contributed by atoms with Crippen LogP contribution in [-0.4, -0.2) is 27.5 Å². The predicted molar refractivity (Wildman–Crippen MR) is 128 cm³/mol. The number of halogens is 2. The van der Waals surface area contributed by atoms with Gasteiger partial charge in [-0.2, -0.15) is 0 Å². The van der Waals surface area contributed by atoms with Crippen molar-refractivity contribution in [3.05, 3.63) is 63.9 Å². The van der Waals surface area contributed by atoms with Crippen LogP contribution in [0.15, 0.2) is 51.8 Å². The molecule has 2 atom stereocenters. The molecule has 0 heterocycles. The van der Waals surface area contributed by atoms with E-state index in [4.69, 9.17) is 4.43 Å². The molecule has 0 unspecified atom stereocenters. The van der Waals surface area contributed by atoms with Gasteiger partial charge in [-0.25, -0.2) is 4.39 Å². The van der Waals surface area contributed by atoms with Crippen LogP contribution in [0.3, 0.4) is 0 Å². The normalized spacial score (nSPS) is 19.4. The Labute approximate surface area is 188 Å². The van der Waals surface area contributed by atoms with E-state index in [1.54, 1.807) is 0 Å². The number of hydrogen-bond acceptors (Lipinski definition) is 3. The Bertz CT molecular complexity index is 838. The fourth-order valence-electron chi connectivity index (χ4n) is 3.34. The summed E-state index contributed by atoms with van der Waals surface area (Å²) in [7, 11) is -1.72.